The average Bonchev–Trinajstić information content (AvgIpc) is 2.81. The Labute approximate surface area is 114 Å². The van der Waals surface area contributed by atoms with Crippen molar-refractivity contribution in [2.24, 2.45) is 0 Å². The van der Waals surface area contributed by atoms with Crippen molar-refractivity contribution in [2.45, 2.75) is 19.1 Å². The van der Waals surface area contributed by atoms with E-state index < -0.39 is 18.2 Å². The minimum Gasteiger partial charge on any atom is -0.478 e. The number of hydrogen-bond acceptors (Lipinski definition) is 5. The molecule has 2 atom stereocenters. The van der Waals surface area contributed by atoms with Crippen LogP contribution in [-0.2, 0) is 9.59 Å². The Morgan fingerprint density at radius 3 is 2.74 bits per heavy atom. The number of amides is 1. The first kappa shape index (κ1) is 15.4. The molecule has 0 aliphatic rings. The first-order chi connectivity index (χ1) is 8.90. The van der Waals surface area contributed by atoms with Crippen molar-refractivity contribution in [1.29, 1.82) is 0 Å². The molecule has 0 radical (unpaired) electrons. The van der Waals surface area contributed by atoms with Gasteiger partial charge in [0, 0.05) is 24.4 Å². The molecular formula is C12H15NO5S. The lowest BCUT2D eigenvalue weighted by atomic mass is 10.1. The number of aliphatic hydroxyl groups excluding tert-OH is 2. The van der Waals surface area contributed by atoms with E-state index in [-0.39, 0.29) is 12.5 Å². The number of aliphatic carboxylic acids is 1. The molecule has 0 aliphatic carbocycles. The summed E-state index contributed by atoms with van der Waals surface area (Å²) in [4.78, 5) is 21.7. The maximum Gasteiger partial charge on any atom is 0.328 e. The Bertz CT molecular complexity index is 482. The summed E-state index contributed by atoms with van der Waals surface area (Å²) >= 11 is 1.25. The fourth-order valence-electron chi connectivity index (χ4n) is 1.35. The molecule has 0 saturated heterocycles. The number of carboxylic acid groups (broad SMARTS) is 1. The fraction of sp³-hybridized carbons (Fsp3) is 0.333. The van der Waals surface area contributed by atoms with Gasteiger partial charge >= 0.3 is 5.97 Å². The standard InChI is InChI=1S/C12H15NO5S/c1-7(14)13-5-10(15)12(18)8-4-9(19-6-8)2-3-11(16)17/h2-4,6,10,12,15,18H,5H2,1H3,(H,13,14)(H,16,17)/b3-2+. The summed E-state index contributed by atoms with van der Waals surface area (Å²) in [7, 11) is 0. The van der Waals surface area contributed by atoms with Crippen molar-refractivity contribution in [3.05, 3.63) is 28.0 Å². The van der Waals surface area contributed by atoms with E-state index in [0.29, 0.717) is 10.4 Å². The van der Waals surface area contributed by atoms with Crippen LogP contribution in [-0.4, -0.2) is 39.8 Å². The van der Waals surface area contributed by atoms with Gasteiger partial charge < -0.3 is 20.6 Å². The lowest BCUT2D eigenvalue weighted by Gasteiger charge is -2.16. The first-order valence-electron chi connectivity index (χ1n) is 5.50. The third kappa shape index (κ3) is 5.21. The number of rotatable bonds is 6. The SMILES string of the molecule is CC(=O)NCC(O)C(O)c1csc(/C=C/C(=O)O)c1. The molecule has 7 heteroatoms. The van der Waals surface area contributed by atoms with Gasteiger partial charge in [0.25, 0.3) is 0 Å². The molecule has 0 bridgehead atoms. The molecule has 0 saturated carbocycles. The van der Waals surface area contributed by atoms with Crippen LogP contribution in [0.4, 0.5) is 0 Å². The molecule has 2 unspecified atom stereocenters. The van der Waals surface area contributed by atoms with E-state index in [9.17, 15) is 19.8 Å². The highest BCUT2D eigenvalue weighted by atomic mass is 32.1. The van der Waals surface area contributed by atoms with Crippen LogP contribution in [0.5, 0.6) is 0 Å². The number of hydrogen-bond donors (Lipinski definition) is 4. The normalized spacial score (nSPS) is 14.3. The topological polar surface area (TPSA) is 107 Å². The van der Waals surface area contributed by atoms with Gasteiger partial charge in [-0.05, 0) is 23.1 Å². The van der Waals surface area contributed by atoms with E-state index in [1.54, 1.807) is 11.4 Å². The summed E-state index contributed by atoms with van der Waals surface area (Å²) in [5, 5.41) is 32.1. The third-order valence-electron chi connectivity index (χ3n) is 2.30. The Hall–Kier alpha value is -1.70. The van der Waals surface area contributed by atoms with Gasteiger partial charge in [-0.15, -0.1) is 11.3 Å². The monoisotopic (exact) mass is 285 g/mol. The number of thiophene rings is 1. The predicted octanol–water partition coefficient (Wildman–Crippen LogP) is 0.376. The summed E-state index contributed by atoms with van der Waals surface area (Å²) in [6.07, 6.45) is 0.156. The van der Waals surface area contributed by atoms with Gasteiger partial charge in [0.1, 0.15) is 12.2 Å². The molecule has 1 rings (SSSR count). The zero-order valence-corrected chi connectivity index (χ0v) is 11.1. The number of carbonyl (C=O) groups excluding carboxylic acids is 1. The number of nitrogens with one attached hydrogen (secondary N) is 1. The molecule has 19 heavy (non-hydrogen) atoms. The van der Waals surface area contributed by atoms with Crippen LogP contribution in [0, 0.1) is 0 Å². The van der Waals surface area contributed by atoms with Gasteiger partial charge in [0.2, 0.25) is 5.91 Å². The van der Waals surface area contributed by atoms with E-state index in [2.05, 4.69) is 5.32 Å². The molecular weight excluding hydrogens is 270 g/mol. The summed E-state index contributed by atoms with van der Waals surface area (Å²) in [5.74, 6) is -1.34. The summed E-state index contributed by atoms with van der Waals surface area (Å²) < 4.78 is 0. The van der Waals surface area contributed by atoms with Gasteiger partial charge in [-0.3, -0.25) is 4.79 Å². The van der Waals surface area contributed by atoms with Crippen molar-refractivity contribution in [3.63, 3.8) is 0 Å². The van der Waals surface area contributed by atoms with Crippen LogP contribution in [0.1, 0.15) is 23.5 Å². The van der Waals surface area contributed by atoms with Crippen molar-refractivity contribution in [1.82, 2.24) is 5.32 Å². The average molecular weight is 285 g/mol. The van der Waals surface area contributed by atoms with Crippen LogP contribution in [0.2, 0.25) is 0 Å². The Morgan fingerprint density at radius 1 is 1.47 bits per heavy atom. The summed E-state index contributed by atoms with van der Waals surface area (Å²) in [6, 6.07) is 1.59. The zero-order valence-electron chi connectivity index (χ0n) is 10.2. The predicted molar refractivity (Wildman–Crippen MR) is 70.6 cm³/mol. The Morgan fingerprint density at radius 2 is 2.16 bits per heavy atom. The largest absolute Gasteiger partial charge is 0.478 e. The highest BCUT2D eigenvalue weighted by molar-refractivity contribution is 7.11. The van der Waals surface area contributed by atoms with Crippen LogP contribution >= 0.6 is 11.3 Å². The lowest BCUT2D eigenvalue weighted by molar-refractivity contribution is -0.131. The fourth-order valence-corrected chi connectivity index (χ4v) is 2.18. The maximum atomic E-state index is 10.7. The van der Waals surface area contributed by atoms with Crippen LogP contribution in [0.15, 0.2) is 17.5 Å². The second-order valence-corrected chi connectivity index (χ2v) is 4.85. The number of carbonyl (C=O) groups is 2. The number of carboxylic acids is 1. The summed E-state index contributed by atoms with van der Waals surface area (Å²) in [5.41, 5.74) is 0.480. The van der Waals surface area contributed by atoms with Gasteiger partial charge in [-0.25, -0.2) is 4.79 Å². The van der Waals surface area contributed by atoms with Gasteiger partial charge in [0.05, 0.1) is 0 Å². The molecule has 1 amide bonds. The lowest BCUT2D eigenvalue weighted by Crippen LogP contribution is -2.34. The van der Waals surface area contributed by atoms with Gasteiger partial charge in [-0.2, -0.15) is 0 Å². The molecule has 104 valence electrons. The quantitative estimate of drug-likeness (QED) is 0.565. The van der Waals surface area contributed by atoms with Crippen LogP contribution in [0.25, 0.3) is 6.08 Å². The van der Waals surface area contributed by atoms with E-state index in [0.717, 1.165) is 6.08 Å². The van der Waals surface area contributed by atoms with Crippen molar-refractivity contribution >= 4 is 29.3 Å². The van der Waals surface area contributed by atoms with Crippen LogP contribution in [0.3, 0.4) is 0 Å². The first-order valence-corrected chi connectivity index (χ1v) is 6.38. The van der Waals surface area contributed by atoms with Crippen molar-refractivity contribution in [3.8, 4) is 0 Å². The van der Waals surface area contributed by atoms with E-state index in [1.807, 2.05) is 0 Å². The highest BCUT2D eigenvalue weighted by Crippen LogP contribution is 2.24. The molecule has 0 fully saturated rings. The van der Waals surface area contributed by atoms with E-state index in [1.165, 1.54) is 24.3 Å². The van der Waals surface area contributed by atoms with Gasteiger partial charge in [-0.1, -0.05) is 0 Å². The minimum absolute atomic E-state index is 0.0490. The maximum absolute atomic E-state index is 10.7. The van der Waals surface area contributed by atoms with Crippen molar-refractivity contribution < 1.29 is 24.9 Å². The molecule has 1 aromatic rings. The van der Waals surface area contributed by atoms with E-state index >= 15 is 0 Å². The Kier molecular flexibility index (Phi) is 5.68. The highest BCUT2D eigenvalue weighted by Gasteiger charge is 2.19. The second-order valence-electron chi connectivity index (χ2n) is 3.90. The van der Waals surface area contributed by atoms with Gasteiger partial charge in [0.15, 0.2) is 0 Å². The van der Waals surface area contributed by atoms with Crippen LogP contribution < -0.4 is 5.32 Å². The van der Waals surface area contributed by atoms with Crippen molar-refractivity contribution in [2.75, 3.05) is 6.54 Å². The zero-order chi connectivity index (χ0) is 14.4. The molecule has 0 aromatic carbocycles. The number of aliphatic hydroxyl groups is 2. The summed E-state index contributed by atoms with van der Waals surface area (Å²) in [6.45, 7) is 1.27. The molecule has 4 N–H and O–H groups in total. The Balaban J connectivity index is 2.64. The minimum atomic E-state index is -1.13. The molecule has 1 aromatic heterocycles. The smallest absolute Gasteiger partial charge is 0.328 e. The molecule has 6 nitrogen and oxygen atoms in total. The molecule has 0 aliphatic heterocycles. The van der Waals surface area contributed by atoms with E-state index in [4.69, 9.17) is 5.11 Å². The molecule has 1 heterocycles. The molecule has 0 spiro atoms. The second kappa shape index (κ2) is 7.03. The third-order valence-corrected chi connectivity index (χ3v) is 3.21.